The van der Waals surface area contributed by atoms with Gasteiger partial charge in [-0.1, -0.05) is 48.8 Å². The zero-order chi connectivity index (χ0) is 31.3. The Balaban J connectivity index is 1.44. The number of nitrogens with zero attached hydrogens (tertiary/aromatic N) is 6. The summed E-state index contributed by atoms with van der Waals surface area (Å²) in [4.78, 5) is 46.0. The van der Waals surface area contributed by atoms with Crippen molar-refractivity contribution >= 4 is 9.84 Å². The van der Waals surface area contributed by atoms with Gasteiger partial charge in [0.15, 0.2) is 21.4 Å². The molecule has 0 unspecified atom stereocenters. The summed E-state index contributed by atoms with van der Waals surface area (Å²) in [7, 11) is -3.17. The highest BCUT2D eigenvalue weighted by atomic mass is 32.2. The van der Waals surface area contributed by atoms with Crippen LogP contribution in [0.15, 0.2) is 69.1 Å². The van der Waals surface area contributed by atoms with E-state index in [4.69, 9.17) is 9.72 Å². The van der Waals surface area contributed by atoms with E-state index in [0.717, 1.165) is 35.9 Å². The summed E-state index contributed by atoms with van der Waals surface area (Å²) in [5.74, 6) is 0.400. The maximum Gasteiger partial charge on any atom is 0.439 e. The summed E-state index contributed by atoms with van der Waals surface area (Å²) in [5, 5.41) is 3.80. The molecule has 44 heavy (non-hydrogen) atoms. The molecule has 0 fully saturated rings. The maximum atomic E-state index is 13.9. The summed E-state index contributed by atoms with van der Waals surface area (Å²) in [6.45, 7) is 3.78. The van der Waals surface area contributed by atoms with Gasteiger partial charge in [-0.05, 0) is 31.4 Å². The second-order valence-electron chi connectivity index (χ2n) is 10.2. The van der Waals surface area contributed by atoms with Crippen LogP contribution in [0.4, 0.5) is 0 Å². The van der Waals surface area contributed by atoms with Crippen LogP contribution in [0.1, 0.15) is 42.4 Å². The Kier molecular flexibility index (Phi) is 9.09. The fourth-order valence-corrected chi connectivity index (χ4v) is 5.03. The minimum absolute atomic E-state index is 0.0313. The number of ether oxygens (including phenoxy) is 1. The van der Waals surface area contributed by atoms with Crippen LogP contribution >= 0.6 is 0 Å². The standard InChI is InChI=1S/C30H31N7O6S/c1-4-5-10-26-24(28(38)37(19(2)34-26)29-32-17-21(18-33-29)42-13-14-44(3,40)41)15-20-11-12-25(31-16-20)22-8-6-7-9-23(22)27-35-30(39)43-36-27/h6-9,11-12,16-18H,4-5,10,13-15H2,1-3H3,(H,35,36,39). The van der Waals surface area contributed by atoms with E-state index in [1.165, 1.54) is 17.0 Å². The van der Waals surface area contributed by atoms with E-state index in [2.05, 4.69) is 36.5 Å². The van der Waals surface area contributed by atoms with Crippen molar-refractivity contribution in [3.8, 4) is 34.3 Å². The van der Waals surface area contributed by atoms with Gasteiger partial charge in [0.2, 0.25) is 5.95 Å². The molecule has 0 aliphatic carbocycles. The highest BCUT2D eigenvalue weighted by Crippen LogP contribution is 2.28. The van der Waals surface area contributed by atoms with Crippen molar-refractivity contribution in [2.45, 2.75) is 39.5 Å². The third-order valence-corrected chi connectivity index (χ3v) is 7.75. The first kappa shape index (κ1) is 30.5. The largest absolute Gasteiger partial charge is 0.489 e. The molecular formula is C30H31N7O6S. The van der Waals surface area contributed by atoms with Gasteiger partial charge >= 0.3 is 5.76 Å². The van der Waals surface area contributed by atoms with Crippen molar-refractivity contribution in [1.29, 1.82) is 0 Å². The zero-order valence-electron chi connectivity index (χ0n) is 24.5. The Labute approximate surface area is 252 Å². The maximum absolute atomic E-state index is 13.9. The van der Waals surface area contributed by atoms with Gasteiger partial charge in [0.1, 0.15) is 12.4 Å². The lowest BCUT2D eigenvalue weighted by Gasteiger charge is -2.15. The zero-order valence-corrected chi connectivity index (χ0v) is 25.3. The normalized spacial score (nSPS) is 11.5. The first-order valence-electron chi connectivity index (χ1n) is 14.0. The van der Waals surface area contributed by atoms with Crippen molar-refractivity contribution in [2.24, 2.45) is 0 Å². The molecule has 0 radical (unpaired) electrons. The molecule has 1 aromatic carbocycles. The van der Waals surface area contributed by atoms with Crippen molar-refractivity contribution < 1.29 is 17.7 Å². The second-order valence-corrected chi connectivity index (χ2v) is 12.5. The third-order valence-electron chi connectivity index (χ3n) is 6.84. The number of unbranched alkanes of at least 4 members (excludes halogenated alkanes) is 1. The molecule has 0 aliphatic heterocycles. The molecule has 13 nitrogen and oxygen atoms in total. The van der Waals surface area contributed by atoms with E-state index in [-0.39, 0.29) is 23.9 Å². The van der Waals surface area contributed by atoms with E-state index in [0.29, 0.717) is 47.1 Å². The monoisotopic (exact) mass is 617 g/mol. The number of rotatable bonds is 12. The summed E-state index contributed by atoms with van der Waals surface area (Å²) in [6.07, 6.45) is 8.40. The van der Waals surface area contributed by atoms with E-state index in [1.54, 1.807) is 13.1 Å². The summed E-state index contributed by atoms with van der Waals surface area (Å²) in [5.41, 5.74) is 3.85. The summed E-state index contributed by atoms with van der Waals surface area (Å²) in [6, 6.07) is 11.1. The van der Waals surface area contributed by atoms with Crippen LogP contribution in [0.2, 0.25) is 0 Å². The Morgan fingerprint density at radius 2 is 1.75 bits per heavy atom. The van der Waals surface area contributed by atoms with Gasteiger partial charge < -0.3 is 4.74 Å². The van der Waals surface area contributed by atoms with Crippen molar-refractivity contribution in [1.82, 2.24) is 34.6 Å². The Morgan fingerprint density at radius 1 is 1.00 bits per heavy atom. The average molecular weight is 618 g/mol. The number of pyridine rings is 1. The predicted octanol–water partition coefficient (Wildman–Crippen LogP) is 3.09. The van der Waals surface area contributed by atoms with Crippen LogP contribution in [0.3, 0.4) is 0 Å². The van der Waals surface area contributed by atoms with Gasteiger partial charge in [0, 0.05) is 35.6 Å². The quantitative estimate of drug-likeness (QED) is 0.218. The van der Waals surface area contributed by atoms with Crippen LogP contribution in [0, 0.1) is 6.92 Å². The molecule has 0 saturated heterocycles. The fourth-order valence-electron chi connectivity index (χ4n) is 4.64. The molecule has 0 amide bonds. The number of hydrogen-bond acceptors (Lipinski definition) is 11. The van der Waals surface area contributed by atoms with Crippen molar-refractivity contribution in [3.05, 3.63) is 98.5 Å². The number of H-pyrrole nitrogens is 1. The van der Waals surface area contributed by atoms with E-state index in [1.807, 2.05) is 36.4 Å². The van der Waals surface area contributed by atoms with Crippen molar-refractivity contribution in [3.63, 3.8) is 0 Å². The lowest BCUT2D eigenvalue weighted by molar-refractivity contribution is 0.338. The molecule has 1 N–H and O–H groups in total. The average Bonchev–Trinajstić information content (AvgIpc) is 3.44. The molecule has 4 aromatic heterocycles. The number of nitrogens with one attached hydrogen (secondary N) is 1. The number of sulfone groups is 1. The lowest BCUT2D eigenvalue weighted by atomic mass is 10.0. The smallest absolute Gasteiger partial charge is 0.439 e. The second kappa shape index (κ2) is 13.1. The number of aromatic nitrogens is 7. The van der Waals surface area contributed by atoms with Crippen LogP contribution in [-0.2, 0) is 22.7 Å². The van der Waals surface area contributed by atoms with Crippen LogP contribution in [0.25, 0.3) is 28.6 Å². The lowest BCUT2D eigenvalue weighted by Crippen LogP contribution is -2.29. The Bertz CT molecular complexity index is 1980. The molecule has 0 saturated carbocycles. The number of aryl methyl sites for hydroxylation is 2. The third kappa shape index (κ3) is 7.14. The predicted molar refractivity (Wildman–Crippen MR) is 163 cm³/mol. The first-order valence-corrected chi connectivity index (χ1v) is 16.0. The molecule has 228 valence electrons. The van der Waals surface area contributed by atoms with Gasteiger partial charge in [-0.15, -0.1) is 0 Å². The molecule has 0 spiro atoms. The fraction of sp³-hybridized carbons (Fsp3) is 0.300. The molecule has 0 bridgehead atoms. The van der Waals surface area contributed by atoms with Gasteiger partial charge in [0.05, 0.1) is 29.5 Å². The Morgan fingerprint density at radius 3 is 2.39 bits per heavy atom. The molecule has 14 heteroatoms. The highest BCUT2D eigenvalue weighted by molar-refractivity contribution is 7.90. The molecule has 5 aromatic rings. The van der Waals surface area contributed by atoms with Gasteiger partial charge in [-0.2, -0.15) is 0 Å². The molecule has 4 heterocycles. The Hall–Kier alpha value is -4.98. The van der Waals surface area contributed by atoms with Crippen molar-refractivity contribution in [2.75, 3.05) is 18.6 Å². The first-order chi connectivity index (χ1) is 21.1. The van der Waals surface area contributed by atoms with Gasteiger partial charge in [-0.25, -0.2) is 32.7 Å². The molecular weight excluding hydrogens is 586 g/mol. The molecule has 0 atom stereocenters. The van der Waals surface area contributed by atoms with Crippen LogP contribution < -0.4 is 16.1 Å². The highest BCUT2D eigenvalue weighted by Gasteiger charge is 2.19. The van der Waals surface area contributed by atoms with E-state index in [9.17, 15) is 18.0 Å². The number of benzene rings is 1. The van der Waals surface area contributed by atoms with E-state index < -0.39 is 15.6 Å². The van der Waals surface area contributed by atoms with Gasteiger partial charge in [-0.3, -0.25) is 19.3 Å². The minimum Gasteiger partial charge on any atom is -0.489 e. The summed E-state index contributed by atoms with van der Waals surface area (Å²) >= 11 is 0. The SMILES string of the molecule is CCCCc1nc(C)n(-c2ncc(OCCS(C)(=O)=O)cn2)c(=O)c1Cc1ccc(-c2ccccc2-c2noc(=O)[nH]2)nc1. The number of hydrogen-bond donors (Lipinski definition) is 1. The molecule has 5 rings (SSSR count). The van der Waals surface area contributed by atoms with Gasteiger partial charge in [0.25, 0.3) is 5.56 Å². The van der Waals surface area contributed by atoms with Crippen LogP contribution in [0.5, 0.6) is 5.75 Å². The minimum atomic E-state index is -3.17. The van der Waals surface area contributed by atoms with Crippen LogP contribution in [-0.4, -0.2) is 61.7 Å². The number of aromatic amines is 1. The molecule has 0 aliphatic rings. The summed E-state index contributed by atoms with van der Waals surface area (Å²) < 4.78 is 34.2. The van der Waals surface area contributed by atoms with E-state index >= 15 is 0 Å². The topological polar surface area (TPSA) is 176 Å².